The van der Waals surface area contributed by atoms with Crippen molar-refractivity contribution in [1.29, 1.82) is 0 Å². The fourth-order valence-electron chi connectivity index (χ4n) is 3.58. The van der Waals surface area contributed by atoms with Crippen molar-refractivity contribution in [3.8, 4) is 0 Å². The van der Waals surface area contributed by atoms with Crippen LogP contribution in [0.1, 0.15) is 18.2 Å². The fraction of sp³-hybridized carbons (Fsp3) is 0.556. The lowest BCUT2D eigenvalue weighted by Gasteiger charge is -2.50. The van der Waals surface area contributed by atoms with Crippen molar-refractivity contribution < 1.29 is 4.79 Å². The quantitative estimate of drug-likeness (QED) is 0.713. The molecule has 2 saturated heterocycles. The maximum absolute atomic E-state index is 12.5. The number of urea groups is 1. The van der Waals surface area contributed by atoms with Crippen molar-refractivity contribution in [2.75, 3.05) is 49.5 Å². The molecule has 150 valence electrons. The normalized spacial score (nSPS) is 18.5. The van der Waals surface area contributed by atoms with E-state index in [0.29, 0.717) is 5.95 Å². The summed E-state index contributed by atoms with van der Waals surface area (Å²) in [6, 6.07) is 1.99. The van der Waals surface area contributed by atoms with E-state index >= 15 is 0 Å². The molecule has 2 aliphatic heterocycles. The van der Waals surface area contributed by atoms with Crippen LogP contribution in [0.25, 0.3) is 0 Å². The molecule has 0 aromatic carbocycles. The summed E-state index contributed by atoms with van der Waals surface area (Å²) >= 11 is 1.39. The number of carbonyl (C=O) groups is 1. The number of aromatic nitrogens is 3. The number of aryl methyl sites for hydroxylation is 2. The van der Waals surface area contributed by atoms with Crippen molar-refractivity contribution in [1.82, 2.24) is 29.9 Å². The SMILES string of the molecule is Cc1cc(Nc2ncc(C)c(N3CC(C)(NC(=O)N4CCNCC4)C3)n2)sn1. The van der Waals surface area contributed by atoms with E-state index in [4.69, 9.17) is 0 Å². The average Bonchev–Trinajstić information content (AvgIpc) is 3.06. The number of hydrogen-bond acceptors (Lipinski definition) is 8. The van der Waals surface area contributed by atoms with Crippen LogP contribution in [0.5, 0.6) is 0 Å². The first-order chi connectivity index (χ1) is 13.4. The van der Waals surface area contributed by atoms with Crippen LogP contribution in [0.2, 0.25) is 0 Å². The minimum Gasteiger partial charge on any atom is -0.351 e. The van der Waals surface area contributed by atoms with Crippen LogP contribution in [0.15, 0.2) is 12.3 Å². The summed E-state index contributed by atoms with van der Waals surface area (Å²) in [7, 11) is 0. The summed E-state index contributed by atoms with van der Waals surface area (Å²) < 4.78 is 4.27. The Morgan fingerprint density at radius 1 is 1.29 bits per heavy atom. The molecule has 9 nitrogen and oxygen atoms in total. The van der Waals surface area contributed by atoms with Crippen LogP contribution in [0.3, 0.4) is 0 Å². The molecule has 2 amide bonds. The zero-order chi connectivity index (χ0) is 19.7. The van der Waals surface area contributed by atoms with Gasteiger partial charge in [0.2, 0.25) is 5.95 Å². The molecule has 10 heteroatoms. The second-order valence-corrected chi connectivity index (χ2v) is 8.55. The second-order valence-electron chi connectivity index (χ2n) is 7.74. The highest BCUT2D eigenvalue weighted by Crippen LogP contribution is 2.30. The predicted molar refractivity (Wildman–Crippen MR) is 110 cm³/mol. The summed E-state index contributed by atoms with van der Waals surface area (Å²) in [5.74, 6) is 1.45. The number of piperazine rings is 1. The van der Waals surface area contributed by atoms with Gasteiger partial charge in [0.25, 0.3) is 0 Å². The van der Waals surface area contributed by atoms with E-state index in [2.05, 4.69) is 42.1 Å². The molecule has 2 fully saturated rings. The third-order valence-corrected chi connectivity index (χ3v) is 5.80. The Kier molecular flexibility index (Phi) is 5.07. The van der Waals surface area contributed by atoms with Gasteiger partial charge in [0.15, 0.2) is 0 Å². The molecule has 0 atom stereocenters. The number of hydrogen-bond donors (Lipinski definition) is 3. The lowest BCUT2D eigenvalue weighted by molar-refractivity contribution is 0.170. The van der Waals surface area contributed by atoms with Crippen molar-refractivity contribution in [3.63, 3.8) is 0 Å². The zero-order valence-electron chi connectivity index (χ0n) is 16.4. The van der Waals surface area contributed by atoms with E-state index in [1.165, 1.54) is 11.5 Å². The molecule has 2 aromatic heterocycles. The molecule has 0 aliphatic carbocycles. The van der Waals surface area contributed by atoms with Crippen molar-refractivity contribution >= 4 is 34.3 Å². The highest BCUT2D eigenvalue weighted by molar-refractivity contribution is 7.10. The lowest BCUT2D eigenvalue weighted by atomic mass is 9.92. The molecule has 0 unspecified atom stereocenters. The molecule has 0 spiro atoms. The molecule has 4 rings (SSSR count). The highest BCUT2D eigenvalue weighted by atomic mass is 32.1. The molecule has 0 radical (unpaired) electrons. The molecule has 4 heterocycles. The molecule has 2 aromatic rings. The molecule has 28 heavy (non-hydrogen) atoms. The Labute approximate surface area is 168 Å². The molecule has 3 N–H and O–H groups in total. The van der Waals surface area contributed by atoms with Gasteiger partial charge < -0.3 is 25.8 Å². The van der Waals surface area contributed by atoms with E-state index in [1.54, 1.807) is 0 Å². The number of nitrogens with zero attached hydrogens (tertiary/aromatic N) is 5. The fourth-order valence-corrected chi connectivity index (χ4v) is 4.23. The van der Waals surface area contributed by atoms with Gasteiger partial charge in [-0.2, -0.15) is 9.36 Å². The molecular formula is C18H26N8OS. The van der Waals surface area contributed by atoms with E-state index in [-0.39, 0.29) is 11.6 Å². The summed E-state index contributed by atoms with van der Waals surface area (Å²) in [5, 5.41) is 10.6. The van der Waals surface area contributed by atoms with E-state index < -0.39 is 0 Å². The third-order valence-electron chi connectivity index (χ3n) is 5.00. The van der Waals surface area contributed by atoms with Gasteiger partial charge in [-0.15, -0.1) is 0 Å². The van der Waals surface area contributed by atoms with Gasteiger partial charge in [-0.3, -0.25) is 0 Å². The molecular weight excluding hydrogens is 376 g/mol. The van der Waals surface area contributed by atoms with Gasteiger partial charge in [-0.05, 0) is 38.4 Å². The first kappa shape index (κ1) is 18.9. The van der Waals surface area contributed by atoms with E-state index in [1.807, 2.05) is 31.0 Å². The van der Waals surface area contributed by atoms with Gasteiger partial charge in [0.05, 0.1) is 11.2 Å². The molecule has 2 aliphatic rings. The lowest BCUT2D eigenvalue weighted by Crippen LogP contribution is -2.70. The maximum atomic E-state index is 12.5. The molecule has 0 saturated carbocycles. The number of amides is 2. The smallest absolute Gasteiger partial charge is 0.318 e. The Balaban J connectivity index is 1.39. The minimum absolute atomic E-state index is 0.0194. The summed E-state index contributed by atoms with van der Waals surface area (Å²) in [5.41, 5.74) is 1.74. The third kappa shape index (κ3) is 4.02. The predicted octanol–water partition coefficient (Wildman–Crippen LogP) is 1.49. The van der Waals surface area contributed by atoms with Crippen LogP contribution < -0.4 is 20.9 Å². The number of anilines is 3. The van der Waals surface area contributed by atoms with E-state index in [0.717, 1.165) is 61.3 Å². The Hall–Kier alpha value is -2.46. The standard InChI is InChI=1S/C18H26N8OS/c1-12-9-20-16(21-14-8-13(2)24-28-14)22-15(12)26-10-18(3,11-26)23-17(27)25-6-4-19-5-7-25/h8-9,19H,4-7,10-11H2,1-3H3,(H,23,27)(H,20,21,22). The monoisotopic (exact) mass is 402 g/mol. The van der Waals surface area contributed by atoms with E-state index in [9.17, 15) is 4.79 Å². The topological polar surface area (TPSA) is 98.3 Å². The Morgan fingerprint density at radius 3 is 2.71 bits per heavy atom. The molecule has 0 bridgehead atoms. The van der Waals surface area contributed by atoms with Gasteiger partial charge >= 0.3 is 6.03 Å². The van der Waals surface area contributed by atoms with Crippen molar-refractivity contribution in [2.24, 2.45) is 0 Å². The highest BCUT2D eigenvalue weighted by Gasteiger charge is 2.42. The van der Waals surface area contributed by atoms with Gasteiger partial charge in [-0.25, -0.2) is 9.78 Å². The Bertz CT molecular complexity index is 857. The summed E-state index contributed by atoms with van der Waals surface area (Å²) in [6.45, 7) is 10.7. The van der Waals surface area contributed by atoms with Crippen LogP contribution in [0, 0.1) is 13.8 Å². The average molecular weight is 403 g/mol. The van der Waals surface area contributed by atoms with Crippen LogP contribution in [-0.4, -0.2) is 70.1 Å². The van der Waals surface area contributed by atoms with Gasteiger partial charge in [-0.1, -0.05) is 0 Å². The Morgan fingerprint density at radius 2 is 2.04 bits per heavy atom. The van der Waals surface area contributed by atoms with Crippen molar-refractivity contribution in [3.05, 3.63) is 23.5 Å². The number of nitrogens with one attached hydrogen (secondary N) is 3. The summed E-state index contributed by atoms with van der Waals surface area (Å²) in [6.07, 6.45) is 1.83. The number of rotatable bonds is 4. The largest absolute Gasteiger partial charge is 0.351 e. The first-order valence-electron chi connectivity index (χ1n) is 9.49. The zero-order valence-corrected chi connectivity index (χ0v) is 17.3. The van der Waals surface area contributed by atoms with Gasteiger partial charge in [0, 0.05) is 51.0 Å². The second kappa shape index (κ2) is 7.51. The summed E-state index contributed by atoms with van der Waals surface area (Å²) in [4.78, 5) is 25.6. The van der Waals surface area contributed by atoms with Crippen molar-refractivity contribution in [2.45, 2.75) is 26.3 Å². The number of carbonyl (C=O) groups excluding carboxylic acids is 1. The van der Waals surface area contributed by atoms with Crippen LogP contribution in [0.4, 0.5) is 21.6 Å². The van der Waals surface area contributed by atoms with Crippen LogP contribution in [-0.2, 0) is 0 Å². The van der Waals surface area contributed by atoms with Crippen LogP contribution >= 0.6 is 11.5 Å². The maximum Gasteiger partial charge on any atom is 0.318 e. The van der Waals surface area contributed by atoms with Gasteiger partial charge in [0.1, 0.15) is 10.8 Å². The first-order valence-corrected chi connectivity index (χ1v) is 10.3. The minimum atomic E-state index is -0.248.